The number of carbonyl (C=O) groups excluding carboxylic acids is 1. The fourth-order valence-electron chi connectivity index (χ4n) is 2.84. The highest BCUT2D eigenvalue weighted by Crippen LogP contribution is 2.17. The molecule has 1 amide bonds. The van der Waals surface area contributed by atoms with E-state index in [2.05, 4.69) is 26.1 Å². The molecule has 1 heterocycles. The number of piperidine rings is 1. The number of amides is 1. The van der Waals surface area contributed by atoms with Gasteiger partial charge in [-0.1, -0.05) is 13.8 Å². The van der Waals surface area contributed by atoms with Crippen LogP contribution in [0.5, 0.6) is 0 Å². The number of nitrogens with zero attached hydrogens (tertiary/aromatic N) is 1. The number of nitrogens with one attached hydrogen (secondary N) is 1. The summed E-state index contributed by atoms with van der Waals surface area (Å²) >= 11 is 0. The van der Waals surface area contributed by atoms with Gasteiger partial charge >= 0.3 is 0 Å². The molecular formula is C14H28N2O2. The van der Waals surface area contributed by atoms with Crippen LogP contribution in [0.3, 0.4) is 0 Å². The molecule has 0 saturated carbocycles. The molecule has 0 aromatic carbocycles. The van der Waals surface area contributed by atoms with E-state index in [4.69, 9.17) is 5.11 Å². The molecule has 1 saturated heterocycles. The van der Waals surface area contributed by atoms with Crippen molar-refractivity contribution in [1.29, 1.82) is 0 Å². The van der Waals surface area contributed by atoms with Gasteiger partial charge in [-0.15, -0.1) is 0 Å². The van der Waals surface area contributed by atoms with Crippen LogP contribution in [0.1, 0.15) is 52.9 Å². The smallest absolute Gasteiger partial charge is 0.240 e. The van der Waals surface area contributed by atoms with Crippen LogP contribution < -0.4 is 5.32 Å². The Bertz CT molecular complexity index is 254. The van der Waals surface area contributed by atoms with Crippen LogP contribution in [0.2, 0.25) is 0 Å². The number of hydrogen-bond acceptors (Lipinski definition) is 3. The van der Waals surface area contributed by atoms with E-state index in [1.807, 2.05) is 4.90 Å². The van der Waals surface area contributed by atoms with Crippen molar-refractivity contribution in [2.24, 2.45) is 0 Å². The lowest BCUT2D eigenvalue weighted by atomic mass is 9.97. The van der Waals surface area contributed by atoms with Crippen molar-refractivity contribution in [3.8, 4) is 0 Å². The molecule has 0 aliphatic carbocycles. The fourth-order valence-corrected chi connectivity index (χ4v) is 2.84. The Kier molecular flexibility index (Phi) is 6.65. The number of hydrogen-bond donors (Lipinski definition) is 2. The lowest BCUT2D eigenvalue weighted by Gasteiger charge is -2.36. The van der Waals surface area contributed by atoms with Gasteiger partial charge in [0.2, 0.25) is 5.91 Å². The van der Waals surface area contributed by atoms with Crippen molar-refractivity contribution in [3.05, 3.63) is 0 Å². The maximum absolute atomic E-state index is 12.5. The van der Waals surface area contributed by atoms with Gasteiger partial charge in [0.1, 0.15) is 0 Å². The van der Waals surface area contributed by atoms with E-state index in [1.165, 1.54) is 0 Å². The van der Waals surface area contributed by atoms with E-state index in [1.54, 1.807) is 0 Å². The Morgan fingerprint density at radius 1 is 1.39 bits per heavy atom. The first-order valence-corrected chi connectivity index (χ1v) is 7.31. The highest BCUT2D eigenvalue weighted by Gasteiger charge is 2.30. The second kappa shape index (κ2) is 7.74. The van der Waals surface area contributed by atoms with Gasteiger partial charge in [0, 0.05) is 18.6 Å². The van der Waals surface area contributed by atoms with Crippen molar-refractivity contribution in [3.63, 3.8) is 0 Å². The van der Waals surface area contributed by atoms with Gasteiger partial charge in [0.15, 0.2) is 0 Å². The molecular weight excluding hydrogens is 228 g/mol. The zero-order valence-electron chi connectivity index (χ0n) is 12.0. The molecule has 0 aromatic rings. The van der Waals surface area contributed by atoms with E-state index in [-0.39, 0.29) is 24.6 Å². The number of rotatable bonds is 6. The quantitative estimate of drug-likeness (QED) is 0.758. The van der Waals surface area contributed by atoms with Crippen LogP contribution in [0.4, 0.5) is 0 Å². The molecule has 0 radical (unpaired) electrons. The lowest BCUT2D eigenvalue weighted by molar-refractivity contribution is -0.137. The summed E-state index contributed by atoms with van der Waals surface area (Å²) < 4.78 is 0. The van der Waals surface area contributed by atoms with Crippen molar-refractivity contribution in [1.82, 2.24) is 10.2 Å². The third-order valence-electron chi connectivity index (χ3n) is 3.92. The topological polar surface area (TPSA) is 52.6 Å². The minimum Gasteiger partial charge on any atom is -0.395 e. The molecule has 2 N–H and O–H groups in total. The Morgan fingerprint density at radius 2 is 2.06 bits per heavy atom. The molecule has 1 rings (SSSR count). The predicted octanol–water partition coefficient (Wildman–Crippen LogP) is 1.53. The summed E-state index contributed by atoms with van der Waals surface area (Å²) in [7, 11) is 0. The molecule has 0 aromatic heterocycles. The summed E-state index contributed by atoms with van der Waals surface area (Å²) in [5.74, 6) is 0.171. The molecule has 1 aliphatic rings. The van der Waals surface area contributed by atoms with Crippen LogP contribution in [0.25, 0.3) is 0 Å². The Morgan fingerprint density at radius 3 is 2.56 bits per heavy atom. The molecule has 18 heavy (non-hydrogen) atoms. The van der Waals surface area contributed by atoms with E-state index in [0.717, 1.165) is 32.1 Å². The largest absolute Gasteiger partial charge is 0.395 e. The second-order valence-corrected chi connectivity index (χ2v) is 5.28. The summed E-state index contributed by atoms with van der Waals surface area (Å²) in [5.41, 5.74) is 0. The van der Waals surface area contributed by atoms with Gasteiger partial charge < -0.3 is 15.3 Å². The summed E-state index contributed by atoms with van der Waals surface area (Å²) in [6.45, 7) is 6.83. The molecule has 1 aliphatic heterocycles. The summed E-state index contributed by atoms with van der Waals surface area (Å²) in [5, 5.41) is 12.5. The SMILES string of the molecule is CCC(CC)N(CCO)C(=O)C1CCCC(C)N1. The van der Waals surface area contributed by atoms with Gasteiger partial charge in [0.05, 0.1) is 12.6 Å². The van der Waals surface area contributed by atoms with Crippen LogP contribution >= 0.6 is 0 Å². The maximum Gasteiger partial charge on any atom is 0.240 e. The third-order valence-corrected chi connectivity index (χ3v) is 3.92. The van der Waals surface area contributed by atoms with Crippen molar-refractivity contribution >= 4 is 5.91 Å². The highest BCUT2D eigenvalue weighted by molar-refractivity contribution is 5.82. The van der Waals surface area contributed by atoms with E-state index in [9.17, 15) is 4.79 Å². The van der Waals surface area contributed by atoms with Crippen molar-refractivity contribution in [2.75, 3.05) is 13.2 Å². The molecule has 2 atom stereocenters. The molecule has 0 bridgehead atoms. The molecule has 1 fully saturated rings. The Labute approximate surface area is 111 Å². The minimum atomic E-state index is -0.0547. The number of aliphatic hydroxyl groups is 1. The first-order chi connectivity index (χ1) is 8.63. The van der Waals surface area contributed by atoms with Gasteiger partial charge in [-0.25, -0.2) is 0 Å². The van der Waals surface area contributed by atoms with Gasteiger partial charge in [-0.3, -0.25) is 4.79 Å². The minimum absolute atomic E-state index is 0.0461. The van der Waals surface area contributed by atoms with E-state index in [0.29, 0.717) is 12.6 Å². The van der Waals surface area contributed by atoms with Gasteiger partial charge in [-0.2, -0.15) is 0 Å². The molecule has 2 unspecified atom stereocenters. The third kappa shape index (κ3) is 3.95. The molecule has 4 nitrogen and oxygen atoms in total. The van der Waals surface area contributed by atoms with Crippen LogP contribution in [-0.2, 0) is 4.79 Å². The van der Waals surface area contributed by atoms with E-state index < -0.39 is 0 Å². The van der Waals surface area contributed by atoms with Gasteiger partial charge in [-0.05, 0) is 39.0 Å². The van der Waals surface area contributed by atoms with Crippen LogP contribution in [-0.4, -0.2) is 47.2 Å². The van der Waals surface area contributed by atoms with Crippen molar-refractivity contribution < 1.29 is 9.90 Å². The molecule has 106 valence electrons. The molecule has 4 heteroatoms. The zero-order valence-corrected chi connectivity index (χ0v) is 12.0. The highest BCUT2D eigenvalue weighted by atomic mass is 16.3. The average Bonchev–Trinajstić information content (AvgIpc) is 2.38. The lowest BCUT2D eigenvalue weighted by Crippen LogP contribution is -2.54. The monoisotopic (exact) mass is 256 g/mol. The predicted molar refractivity (Wildman–Crippen MR) is 73.4 cm³/mol. The Hall–Kier alpha value is -0.610. The standard InChI is InChI=1S/C14H28N2O2/c1-4-12(5-2)16(9-10-17)14(18)13-8-6-7-11(3)15-13/h11-13,15,17H,4-10H2,1-3H3. The van der Waals surface area contributed by atoms with Gasteiger partial charge in [0.25, 0.3) is 0 Å². The Balaban J connectivity index is 2.68. The summed E-state index contributed by atoms with van der Waals surface area (Å²) in [4.78, 5) is 14.4. The molecule has 0 spiro atoms. The first kappa shape index (κ1) is 15.4. The summed E-state index contributed by atoms with van der Waals surface area (Å²) in [6.07, 6.45) is 5.08. The average molecular weight is 256 g/mol. The number of carbonyl (C=O) groups is 1. The zero-order chi connectivity index (χ0) is 13.5. The summed E-state index contributed by atoms with van der Waals surface area (Å²) in [6, 6.07) is 0.620. The maximum atomic E-state index is 12.5. The van der Waals surface area contributed by atoms with Crippen LogP contribution in [0.15, 0.2) is 0 Å². The first-order valence-electron chi connectivity index (χ1n) is 7.31. The van der Waals surface area contributed by atoms with E-state index >= 15 is 0 Å². The van der Waals surface area contributed by atoms with Crippen LogP contribution in [0, 0.1) is 0 Å². The fraction of sp³-hybridized carbons (Fsp3) is 0.929. The van der Waals surface area contributed by atoms with Crippen molar-refractivity contribution in [2.45, 2.75) is 71.0 Å². The second-order valence-electron chi connectivity index (χ2n) is 5.28. The normalized spacial score (nSPS) is 24.3. The number of aliphatic hydroxyl groups excluding tert-OH is 1.